The van der Waals surface area contributed by atoms with Crippen molar-refractivity contribution in [2.75, 3.05) is 12.4 Å². The third kappa shape index (κ3) is 3.52. The van der Waals surface area contributed by atoms with Crippen molar-refractivity contribution in [1.29, 1.82) is 0 Å². The molecule has 2 aromatic heterocycles. The summed E-state index contributed by atoms with van der Waals surface area (Å²) in [7, 11) is 1.31. The normalized spacial score (nSPS) is 10.6. The second-order valence-corrected chi connectivity index (χ2v) is 5.39. The van der Waals surface area contributed by atoms with E-state index in [1.807, 2.05) is 17.5 Å². The number of nitrogens with one attached hydrogen (secondary N) is 1. The number of carbonyl (C=O) groups excluding carboxylic acids is 2. The highest BCUT2D eigenvalue weighted by molar-refractivity contribution is 7.12. The molecule has 0 aliphatic rings. The van der Waals surface area contributed by atoms with E-state index in [4.69, 9.17) is 0 Å². The van der Waals surface area contributed by atoms with E-state index in [0.717, 1.165) is 4.88 Å². The molecule has 0 spiro atoms. The molecule has 6 heteroatoms. The van der Waals surface area contributed by atoms with Gasteiger partial charge in [0.2, 0.25) is 5.91 Å². The minimum Gasteiger partial charge on any atom is -0.465 e. The number of anilines is 1. The second kappa shape index (κ2) is 6.31. The number of hydrogen-bond acceptors (Lipinski definition) is 5. The predicted octanol–water partition coefficient (Wildman–Crippen LogP) is 3.25. The van der Waals surface area contributed by atoms with Crippen molar-refractivity contribution in [3.05, 3.63) is 44.8 Å². The molecular weight excluding hydrogens is 282 g/mol. The number of amides is 1. The van der Waals surface area contributed by atoms with Crippen LogP contribution in [0.25, 0.3) is 6.08 Å². The van der Waals surface area contributed by atoms with Gasteiger partial charge in [-0.1, -0.05) is 6.07 Å². The van der Waals surface area contributed by atoms with Crippen molar-refractivity contribution in [2.24, 2.45) is 0 Å². The van der Waals surface area contributed by atoms with Gasteiger partial charge in [0.1, 0.15) is 4.88 Å². The summed E-state index contributed by atoms with van der Waals surface area (Å²) in [5.74, 6) is -0.732. The van der Waals surface area contributed by atoms with Gasteiger partial charge in [0.05, 0.1) is 12.8 Å². The fourth-order valence-corrected chi connectivity index (χ4v) is 2.76. The summed E-state index contributed by atoms with van der Waals surface area (Å²) in [5, 5.41) is 6.32. The molecule has 0 radical (unpaired) electrons. The molecule has 98 valence electrons. The minimum atomic E-state index is -0.451. The largest absolute Gasteiger partial charge is 0.465 e. The lowest BCUT2D eigenvalue weighted by atomic mass is 10.3. The molecular formula is C13H11NO3S2. The van der Waals surface area contributed by atoms with Crippen LogP contribution in [0, 0.1) is 0 Å². The average molecular weight is 293 g/mol. The molecule has 0 saturated carbocycles. The Kier molecular flexibility index (Phi) is 4.48. The van der Waals surface area contributed by atoms with Crippen molar-refractivity contribution >= 4 is 46.3 Å². The number of methoxy groups -OCH3 is 1. The van der Waals surface area contributed by atoms with E-state index in [-0.39, 0.29) is 5.91 Å². The first-order valence-corrected chi connectivity index (χ1v) is 7.15. The number of ether oxygens (including phenoxy) is 1. The highest BCUT2D eigenvalue weighted by Crippen LogP contribution is 2.23. The Bertz CT molecular complexity index is 599. The highest BCUT2D eigenvalue weighted by atomic mass is 32.1. The van der Waals surface area contributed by atoms with Crippen LogP contribution < -0.4 is 5.32 Å². The molecule has 2 aromatic rings. The van der Waals surface area contributed by atoms with Crippen LogP contribution in [0.3, 0.4) is 0 Å². The lowest BCUT2D eigenvalue weighted by Crippen LogP contribution is -2.10. The molecule has 0 aromatic carbocycles. The van der Waals surface area contributed by atoms with Crippen LogP contribution in [0.5, 0.6) is 0 Å². The van der Waals surface area contributed by atoms with Crippen LogP contribution in [-0.4, -0.2) is 19.0 Å². The highest BCUT2D eigenvalue weighted by Gasteiger charge is 2.14. The number of carbonyl (C=O) groups is 2. The fourth-order valence-electron chi connectivity index (χ4n) is 1.38. The van der Waals surface area contributed by atoms with Gasteiger partial charge in [0.25, 0.3) is 0 Å². The lowest BCUT2D eigenvalue weighted by molar-refractivity contribution is -0.111. The maximum Gasteiger partial charge on any atom is 0.350 e. The van der Waals surface area contributed by atoms with Crippen molar-refractivity contribution < 1.29 is 14.3 Å². The van der Waals surface area contributed by atoms with Crippen LogP contribution in [0.4, 0.5) is 5.69 Å². The first kappa shape index (κ1) is 13.5. The van der Waals surface area contributed by atoms with Crippen molar-refractivity contribution in [1.82, 2.24) is 0 Å². The number of thiophene rings is 2. The summed E-state index contributed by atoms with van der Waals surface area (Å²) in [4.78, 5) is 24.6. The number of rotatable bonds is 4. The molecule has 0 aliphatic heterocycles. The Balaban J connectivity index is 2.03. The summed E-state index contributed by atoms with van der Waals surface area (Å²) in [6.45, 7) is 0. The van der Waals surface area contributed by atoms with E-state index in [0.29, 0.717) is 10.6 Å². The number of esters is 1. The van der Waals surface area contributed by atoms with Gasteiger partial charge in [-0.2, -0.15) is 0 Å². The molecule has 2 heterocycles. The zero-order chi connectivity index (χ0) is 13.7. The quantitative estimate of drug-likeness (QED) is 0.695. The smallest absolute Gasteiger partial charge is 0.350 e. The molecule has 0 unspecified atom stereocenters. The number of hydrogen-bond donors (Lipinski definition) is 1. The van der Waals surface area contributed by atoms with E-state index in [1.54, 1.807) is 28.9 Å². The van der Waals surface area contributed by atoms with E-state index < -0.39 is 5.97 Å². The molecule has 0 saturated heterocycles. The molecule has 19 heavy (non-hydrogen) atoms. The first-order chi connectivity index (χ1) is 9.20. The van der Waals surface area contributed by atoms with Gasteiger partial charge in [-0.15, -0.1) is 22.7 Å². The predicted molar refractivity (Wildman–Crippen MR) is 77.6 cm³/mol. The SMILES string of the molecule is COC(=O)c1sccc1NC(=O)/C=C\c1cccs1. The summed E-state index contributed by atoms with van der Waals surface area (Å²) in [5.41, 5.74) is 0.470. The van der Waals surface area contributed by atoms with Crippen LogP contribution in [0.15, 0.2) is 35.0 Å². The lowest BCUT2D eigenvalue weighted by Gasteiger charge is -2.02. The van der Waals surface area contributed by atoms with Crippen LogP contribution in [0.2, 0.25) is 0 Å². The zero-order valence-electron chi connectivity index (χ0n) is 10.1. The molecule has 0 atom stereocenters. The van der Waals surface area contributed by atoms with Crippen LogP contribution in [0.1, 0.15) is 14.5 Å². The Morgan fingerprint density at radius 1 is 1.26 bits per heavy atom. The summed E-state index contributed by atoms with van der Waals surface area (Å²) < 4.78 is 4.64. The van der Waals surface area contributed by atoms with E-state index >= 15 is 0 Å². The first-order valence-electron chi connectivity index (χ1n) is 5.39. The fraction of sp³-hybridized carbons (Fsp3) is 0.0769. The van der Waals surface area contributed by atoms with Crippen LogP contribution in [-0.2, 0) is 9.53 Å². The summed E-state index contributed by atoms with van der Waals surface area (Å²) in [6, 6.07) is 5.50. The standard InChI is InChI=1S/C13H11NO3S2/c1-17-13(16)12-10(6-8-19-12)14-11(15)5-4-9-3-2-7-18-9/h2-8H,1H3,(H,14,15)/b5-4-. The third-order valence-electron chi connectivity index (χ3n) is 2.24. The Morgan fingerprint density at radius 3 is 2.79 bits per heavy atom. The Labute approximate surface area is 118 Å². The van der Waals surface area contributed by atoms with Gasteiger partial charge in [0, 0.05) is 11.0 Å². The second-order valence-electron chi connectivity index (χ2n) is 3.49. The third-order valence-corrected chi connectivity index (χ3v) is 3.97. The van der Waals surface area contributed by atoms with Gasteiger partial charge in [-0.25, -0.2) is 4.79 Å². The van der Waals surface area contributed by atoms with Crippen LogP contribution >= 0.6 is 22.7 Å². The molecule has 0 bridgehead atoms. The van der Waals surface area contributed by atoms with E-state index in [2.05, 4.69) is 10.1 Å². The minimum absolute atomic E-state index is 0.281. The van der Waals surface area contributed by atoms with Crippen molar-refractivity contribution in [3.8, 4) is 0 Å². The van der Waals surface area contributed by atoms with E-state index in [9.17, 15) is 9.59 Å². The van der Waals surface area contributed by atoms with Gasteiger partial charge in [-0.3, -0.25) is 4.79 Å². The Hall–Kier alpha value is -1.92. The van der Waals surface area contributed by atoms with Gasteiger partial charge >= 0.3 is 5.97 Å². The van der Waals surface area contributed by atoms with Crippen molar-refractivity contribution in [2.45, 2.75) is 0 Å². The van der Waals surface area contributed by atoms with Gasteiger partial charge in [-0.05, 0) is 29.0 Å². The average Bonchev–Trinajstić information content (AvgIpc) is 3.06. The molecule has 1 N–H and O–H groups in total. The topological polar surface area (TPSA) is 55.4 Å². The molecule has 0 fully saturated rings. The molecule has 4 nitrogen and oxygen atoms in total. The van der Waals surface area contributed by atoms with Gasteiger partial charge < -0.3 is 10.1 Å². The van der Waals surface area contributed by atoms with Crippen molar-refractivity contribution in [3.63, 3.8) is 0 Å². The zero-order valence-corrected chi connectivity index (χ0v) is 11.7. The maximum absolute atomic E-state index is 11.7. The molecule has 2 rings (SSSR count). The molecule has 1 amide bonds. The maximum atomic E-state index is 11.7. The summed E-state index contributed by atoms with van der Waals surface area (Å²) >= 11 is 2.77. The van der Waals surface area contributed by atoms with E-state index in [1.165, 1.54) is 24.5 Å². The monoisotopic (exact) mass is 293 g/mol. The van der Waals surface area contributed by atoms with Gasteiger partial charge in [0.15, 0.2) is 0 Å². The summed E-state index contributed by atoms with van der Waals surface area (Å²) in [6.07, 6.45) is 3.16. The molecule has 0 aliphatic carbocycles. The Morgan fingerprint density at radius 2 is 2.11 bits per heavy atom.